The molecule has 2 atom stereocenters. The molecule has 0 aromatic rings. The molecule has 1 heteroatoms. The minimum absolute atomic E-state index is 0.358. The second kappa shape index (κ2) is 2.20. The van der Waals surface area contributed by atoms with Crippen LogP contribution < -0.4 is 0 Å². The molecule has 0 spiro atoms. The molecule has 0 amide bonds. The molecule has 2 aliphatic rings. The Kier molecular flexibility index (Phi) is 1.41. The summed E-state index contributed by atoms with van der Waals surface area (Å²) in [6.07, 6.45) is 8.64. The van der Waals surface area contributed by atoms with E-state index in [1.54, 1.807) is 6.08 Å². The highest BCUT2D eigenvalue weighted by atomic mass is 16.1. The van der Waals surface area contributed by atoms with Gasteiger partial charge in [0, 0.05) is 5.92 Å². The highest BCUT2D eigenvalue weighted by Gasteiger charge is 2.35. The van der Waals surface area contributed by atoms with Crippen LogP contribution in [-0.2, 0) is 4.79 Å². The van der Waals surface area contributed by atoms with Crippen molar-refractivity contribution < 1.29 is 4.79 Å². The Morgan fingerprint density at radius 1 is 1.64 bits per heavy atom. The molecule has 0 heterocycles. The van der Waals surface area contributed by atoms with Crippen LogP contribution in [0.1, 0.15) is 32.6 Å². The van der Waals surface area contributed by atoms with Gasteiger partial charge in [-0.2, -0.15) is 0 Å². The number of ketones is 1. The van der Waals surface area contributed by atoms with Gasteiger partial charge in [0.25, 0.3) is 0 Å². The van der Waals surface area contributed by atoms with Crippen LogP contribution in [0.15, 0.2) is 12.2 Å². The summed E-state index contributed by atoms with van der Waals surface area (Å²) in [7, 11) is 0. The number of allylic oxidation sites excluding steroid dienone is 2. The summed E-state index contributed by atoms with van der Waals surface area (Å²) < 4.78 is 0. The Hall–Kier alpha value is -0.590. The lowest BCUT2D eigenvalue weighted by molar-refractivity contribution is -0.120. The van der Waals surface area contributed by atoms with Crippen molar-refractivity contribution in [1.29, 1.82) is 0 Å². The van der Waals surface area contributed by atoms with Gasteiger partial charge in [-0.25, -0.2) is 0 Å². The van der Waals surface area contributed by atoms with E-state index < -0.39 is 0 Å². The van der Waals surface area contributed by atoms with Crippen LogP contribution in [0.2, 0.25) is 0 Å². The number of rotatable bonds is 0. The lowest BCUT2D eigenvalue weighted by atomic mass is 9.66. The van der Waals surface area contributed by atoms with Gasteiger partial charge in [0.15, 0.2) is 5.78 Å². The van der Waals surface area contributed by atoms with Crippen molar-refractivity contribution in [3.63, 3.8) is 0 Å². The summed E-state index contributed by atoms with van der Waals surface area (Å²) in [4.78, 5) is 11.3. The van der Waals surface area contributed by atoms with Crippen LogP contribution in [0.25, 0.3) is 0 Å². The van der Waals surface area contributed by atoms with Crippen LogP contribution >= 0.6 is 0 Å². The first-order valence-electron chi connectivity index (χ1n) is 4.43. The van der Waals surface area contributed by atoms with Crippen LogP contribution in [0.3, 0.4) is 0 Å². The molecule has 2 aliphatic carbocycles. The minimum atomic E-state index is 0.358. The van der Waals surface area contributed by atoms with Gasteiger partial charge in [0.05, 0.1) is 0 Å². The van der Waals surface area contributed by atoms with Crippen LogP contribution in [0.4, 0.5) is 0 Å². The molecule has 1 saturated carbocycles. The summed E-state index contributed by atoms with van der Waals surface area (Å²) in [5, 5.41) is 0. The summed E-state index contributed by atoms with van der Waals surface area (Å²) in [6, 6.07) is 0. The maximum Gasteiger partial charge on any atom is 0.158 e. The third-order valence-electron chi connectivity index (χ3n) is 3.07. The molecule has 1 fully saturated rings. The van der Waals surface area contributed by atoms with E-state index in [4.69, 9.17) is 0 Å². The number of fused-ring (bicyclic) bond motifs is 2. The van der Waals surface area contributed by atoms with Gasteiger partial charge >= 0.3 is 0 Å². The topological polar surface area (TPSA) is 17.1 Å². The van der Waals surface area contributed by atoms with Crippen LogP contribution in [0.5, 0.6) is 0 Å². The van der Waals surface area contributed by atoms with Gasteiger partial charge in [0.1, 0.15) is 0 Å². The molecule has 0 radical (unpaired) electrons. The lowest BCUT2D eigenvalue weighted by Gasteiger charge is -2.37. The van der Waals surface area contributed by atoms with Gasteiger partial charge in [-0.15, -0.1) is 0 Å². The van der Waals surface area contributed by atoms with E-state index in [0.29, 0.717) is 17.1 Å². The van der Waals surface area contributed by atoms with E-state index in [9.17, 15) is 4.79 Å². The first-order chi connectivity index (χ1) is 5.20. The highest BCUT2D eigenvalue weighted by molar-refractivity contribution is 5.92. The summed E-state index contributed by atoms with van der Waals surface area (Å²) in [5.74, 6) is 0.723. The van der Waals surface area contributed by atoms with Crippen molar-refractivity contribution in [2.24, 2.45) is 11.3 Å². The molecular weight excluding hydrogens is 136 g/mol. The Balaban J connectivity index is 2.29. The Morgan fingerprint density at radius 2 is 2.45 bits per heavy atom. The largest absolute Gasteiger partial charge is 0.295 e. The van der Waals surface area contributed by atoms with Crippen molar-refractivity contribution >= 4 is 5.78 Å². The molecule has 2 bridgehead atoms. The van der Waals surface area contributed by atoms with Gasteiger partial charge < -0.3 is 0 Å². The molecule has 11 heavy (non-hydrogen) atoms. The molecule has 0 aliphatic heterocycles. The van der Waals surface area contributed by atoms with Crippen molar-refractivity contribution in [3.05, 3.63) is 12.2 Å². The summed E-state index contributed by atoms with van der Waals surface area (Å²) in [5.41, 5.74) is 0.358. The predicted molar refractivity (Wildman–Crippen MR) is 44.2 cm³/mol. The van der Waals surface area contributed by atoms with Gasteiger partial charge in [-0.1, -0.05) is 19.4 Å². The zero-order valence-corrected chi connectivity index (χ0v) is 6.97. The zero-order chi connectivity index (χ0) is 7.90. The van der Waals surface area contributed by atoms with Crippen LogP contribution in [-0.4, -0.2) is 5.78 Å². The Bertz CT molecular complexity index is 217. The maximum absolute atomic E-state index is 11.3. The highest BCUT2D eigenvalue weighted by Crippen LogP contribution is 2.43. The fraction of sp³-hybridized carbons (Fsp3) is 0.700. The van der Waals surface area contributed by atoms with Gasteiger partial charge in [-0.05, 0) is 30.8 Å². The Labute approximate surface area is 67.5 Å². The van der Waals surface area contributed by atoms with Gasteiger partial charge in [0.2, 0.25) is 0 Å². The van der Waals surface area contributed by atoms with E-state index in [2.05, 4.69) is 13.0 Å². The molecular formula is C10H14O. The minimum Gasteiger partial charge on any atom is -0.295 e. The summed E-state index contributed by atoms with van der Waals surface area (Å²) >= 11 is 0. The fourth-order valence-electron chi connectivity index (χ4n) is 2.33. The molecule has 0 aromatic carbocycles. The van der Waals surface area contributed by atoms with Crippen molar-refractivity contribution in [1.82, 2.24) is 0 Å². The predicted octanol–water partition coefficient (Wildman–Crippen LogP) is 2.32. The van der Waals surface area contributed by atoms with Crippen molar-refractivity contribution in [2.75, 3.05) is 0 Å². The normalized spacial score (nSPS) is 42.6. The Morgan fingerprint density at radius 3 is 3.18 bits per heavy atom. The average Bonchev–Trinajstić information content (AvgIpc) is 1.99. The second-order valence-corrected chi connectivity index (χ2v) is 4.18. The van der Waals surface area contributed by atoms with Crippen molar-refractivity contribution in [3.8, 4) is 0 Å². The first kappa shape index (κ1) is 7.08. The zero-order valence-electron chi connectivity index (χ0n) is 6.97. The van der Waals surface area contributed by atoms with E-state index in [-0.39, 0.29) is 0 Å². The quantitative estimate of drug-likeness (QED) is 0.518. The lowest BCUT2D eigenvalue weighted by Crippen LogP contribution is -2.31. The second-order valence-electron chi connectivity index (χ2n) is 4.18. The molecule has 1 nitrogen and oxygen atoms in total. The molecule has 60 valence electrons. The standard InChI is InChI=1S/C10H14O/c1-10-5-2-3-8(7-10)9(11)4-6-10/h4,6,8H,2-3,5,7H2,1H3. The third kappa shape index (κ3) is 1.13. The SMILES string of the molecule is CC12C=CC(=O)C(CCC1)C2. The fourth-order valence-corrected chi connectivity index (χ4v) is 2.33. The van der Waals surface area contributed by atoms with Crippen molar-refractivity contribution in [2.45, 2.75) is 32.6 Å². The molecule has 0 N–H and O–H groups in total. The third-order valence-corrected chi connectivity index (χ3v) is 3.07. The molecule has 0 saturated heterocycles. The van der Waals surface area contributed by atoms with E-state index >= 15 is 0 Å². The molecule has 2 unspecified atom stereocenters. The van der Waals surface area contributed by atoms with E-state index in [1.807, 2.05) is 0 Å². The van der Waals surface area contributed by atoms with Gasteiger partial charge in [-0.3, -0.25) is 4.79 Å². The molecule has 0 aromatic heterocycles. The van der Waals surface area contributed by atoms with E-state index in [0.717, 1.165) is 12.8 Å². The number of hydrogen-bond donors (Lipinski definition) is 0. The first-order valence-corrected chi connectivity index (χ1v) is 4.43. The molecule has 2 rings (SSSR count). The van der Waals surface area contributed by atoms with Crippen LogP contribution in [0, 0.1) is 11.3 Å². The van der Waals surface area contributed by atoms with E-state index in [1.165, 1.54) is 12.8 Å². The maximum atomic E-state index is 11.3. The number of carbonyl (C=O) groups is 1. The monoisotopic (exact) mass is 150 g/mol. The number of carbonyl (C=O) groups excluding carboxylic acids is 1. The number of hydrogen-bond acceptors (Lipinski definition) is 1. The average molecular weight is 150 g/mol. The smallest absolute Gasteiger partial charge is 0.158 e. The summed E-state index contributed by atoms with van der Waals surface area (Å²) in [6.45, 7) is 2.27.